The minimum Gasteiger partial charge on any atom is -0.482 e. The largest absolute Gasteiger partial charge is 0.482 e. The van der Waals surface area contributed by atoms with E-state index in [1.54, 1.807) is 12.1 Å². The van der Waals surface area contributed by atoms with Crippen molar-refractivity contribution in [1.29, 1.82) is 0 Å². The van der Waals surface area contributed by atoms with E-state index in [1.807, 2.05) is 18.2 Å². The first-order valence-corrected chi connectivity index (χ1v) is 7.34. The van der Waals surface area contributed by atoms with Gasteiger partial charge in [0.15, 0.2) is 6.61 Å². The van der Waals surface area contributed by atoms with Gasteiger partial charge < -0.3 is 14.2 Å². The molecule has 2 aromatic carbocycles. The number of para-hydroxylation sites is 1. The maximum atomic E-state index is 11.9. The van der Waals surface area contributed by atoms with Gasteiger partial charge in [-0.1, -0.05) is 24.3 Å². The van der Waals surface area contributed by atoms with Crippen LogP contribution in [0, 0.1) is 0 Å². The van der Waals surface area contributed by atoms with E-state index in [0.29, 0.717) is 23.5 Å². The Bertz CT molecular complexity index is 719. The van der Waals surface area contributed by atoms with Crippen molar-refractivity contribution < 1.29 is 23.8 Å². The number of benzene rings is 2. The quantitative estimate of drug-likeness (QED) is 0.444. The Morgan fingerprint density at radius 2 is 1.79 bits per heavy atom. The number of hydrogen-bond donors (Lipinski definition) is 0. The van der Waals surface area contributed by atoms with Crippen LogP contribution in [-0.2, 0) is 16.0 Å². The van der Waals surface area contributed by atoms with Crippen LogP contribution in [0.3, 0.4) is 0 Å². The first-order chi connectivity index (χ1) is 11.6. The molecule has 5 heteroatoms. The first-order valence-electron chi connectivity index (χ1n) is 7.34. The molecular formula is C19H18O5. The van der Waals surface area contributed by atoms with Crippen molar-refractivity contribution in [2.24, 2.45) is 0 Å². The summed E-state index contributed by atoms with van der Waals surface area (Å²) in [4.78, 5) is 23.2. The average molecular weight is 326 g/mol. The number of carbonyl (C=O) groups excluding carboxylic acids is 2. The molecule has 0 aliphatic heterocycles. The van der Waals surface area contributed by atoms with Gasteiger partial charge in [-0.25, -0.2) is 9.59 Å². The molecule has 0 spiro atoms. The molecular weight excluding hydrogens is 308 g/mol. The van der Waals surface area contributed by atoms with Crippen LogP contribution >= 0.6 is 0 Å². The second-order valence-corrected chi connectivity index (χ2v) is 4.88. The topological polar surface area (TPSA) is 61.8 Å². The molecule has 0 N–H and O–H groups in total. The Labute approximate surface area is 140 Å². The number of methoxy groups -OCH3 is 1. The molecule has 0 heterocycles. The Hall–Kier alpha value is -3.08. The van der Waals surface area contributed by atoms with Crippen LogP contribution < -0.4 is 9.47 Å². The molecule has 0 unspecified atom stereocenters. The van der Waals surface area contributed by atoms with Crippen LogP contribution in [0.1, 0.15) is 15.9 Å². The highest BCUT2D eigenvalue weighted by Gasteiger charge is 2.10. The molecule has 2 rings (SSSR count). The molecule has 0 aromatic heterocycles. The van der Waals surface area contributed by atoms with E-state index in [4.69, 9.17) is 9.47 Å². The molecule has 0 amide bonds. The first kappa shape index (κ1) is 17.3. The van der Waals surface area contributed by atoms with E-state index in [2.05, 4.69) is 11.3 Å². The maximum absolute atomic E-state index is 11.9. The van der Waals surface area contributed by atoms with Crippen LogP contribution in [0.15, 0.2) is 61.2 Å². The third-order valence-electron chi connectivity index (χ3n) is 3.19. The van der Waals surface area contributed by atoms with Crippen molar-refractivity contribution in [1.82, 2.24) is 0 Å². The second-order valence-electron chi connectivity index (χ2n) is 4.88. The lowest BCUT2D eigenvalue weighted by atomic mass is 10.1. The number of rotatable bonds is 7. The van der Waals surface area contributed by atoms with Crippen LogP contribution in [0.4, 0.5) is 0 Å². The number of hydrogen-bond acceptors (Lipinski definition) is 5. The Balaban J connectivity index is 1.92. The monoisotopic (exact) mass is 326 g/mol. The van der Waals surface area contributed by atoms with Gasteiger partial charge in [-0.05, 0) is 42.3 Å². The zero-order chi connectivity index (χ0) is 17.4. The molecule has 24 heavy (non-hydrogen) atoms. The Morgan fingerprint density at radius 3 is 2.46 bits per heavy atom. The fourth-order valence-electron chi connectivity index (χ4n) is 2.04. The molecule has 0 saturated carbocycles. The number of carbonyl (C=O) groups is 2. The molecule has 0 aliphatic rings. The maximum Gasteiger partial charge on any atom is 0.349 e. The summed E-state index contributed by atoms with van der Waals surface area (Å²) in [5.41, 5.74) is 1.33. The van der Waals surface area contributed by atoms with E-state index < -0.39 is 11.9 Å². The summed E-state index contributed by atoms with van der Waals surface area (Å²) < 4.78 is 15.3. The predicted molar refractivity (Wildman–Crippen MR) is 89.3 cm³/mol. The van der Waals surface area contributed by atoms with E-state index in [1.165, 1.54) is 31.4 Å². The highest BCUT2D eigenvalue weighted by atomic mass is 16.6. The second kappa shape index (κ2) is 8.53. The van der Waals surface area contributed by atoms with Crippen molar-refractivity contribution in [3.05, 3.63) is 72.3 Å². The highest BCUT2D eigenvalue weighted by molar-refractivity contribution is 5.89. The summed E-state index contributed by atoms with van der Waals surface area (Å²) in [6.45, 7) is 3.48. The lowest BCUT2D eigenvalue weighted by Gasteiger charge is -2.10. The van der Waals surface area contributed by atoms with Gasteiger partial charge in [-0.15, -0.1) is 6.58 Å². The fraction of sp³-hybridized carbons (Fsp3) is 0.158. The Kier molecular flexibility index (Phi) is 6.14. The lowest BCUT2D eigenvalue weighted by molar-refractivity contribution is -0.136. The normalized spacial score (nSPS) is 9.88. The molecule has 0 atom stereocenters. The van der Waals surface area contributed by atoms with Gasteiger partial charge in [-0.3, -0.25) is 0 Å². The fourth-order valence-corrected chi connectivity index (χ4v) is 2.04. The smallest absolute Gasteiger partial charge is 0.349 e. The summed E-state index contributed by atoms with van der Waals surface area (Å²) in [6.07, 6.45) is 2.42. The SMILES string of the molecule is C=CCc1ccccc1OCC(=O)Oc1ccc(C(=O)OC)cc1. The standard InChI is InChI=1S/C19H18O5/c1-3-6-14-7-4-5-8-17(14)23-13-18(20)24-16-11-9-15(10-12-16)19(21)22-2/h3-5,7-12H,1,6,13H2,2H3. The van der Waals surface area contributed by atoms with Crippen molar-refractivity contribution in [3.63, 3.8) is 0 Å². The van der Waals surface area contributed by atoms with Gasteiger partial charge in [0.1, 0.15) is 11.5 Å². The van der Waals surface area contributed by atoms with E-state index >= 15 is 0 Å². The van der Waals surface area contributed by atoms with Gasteiger partial charge in [0, 0.05) is 0 Å². The van der Waals surface area contributed by atoms with Gasteiger partial charge in [0.2, 0.25) is 0 Å². The van der Waals surface area contributed by atoms with Gasteiger partial charge in [0.05, 0.1) is 12.7 Å². The number of esters is 2. The summed E-state index contributed by atoms with van der Waals surface area (Å²) in [5.74, 6) is -0.0321. The molecule has 0 saturated heterocycles. The molecule has 2 aromatic rings. The average Bonchev–Trinajstić information content (AvgIpc) is 2.61. The summed E-state index contributed by atoms with van der Waals surface area (Å²) in [5, 5.41) is 0. The summed E-state index contributed by atoms with van der Waals surface area (Å²) in [7, 11) is 1.30. The lowest BCUT2D eigenvalue weighted by Crippen LogP contribution is -2.18. The van der Waals surface area contributed by atoms with E-state index in [9.17, 15) is 9.59 Å². The third kappa shape index (κ3) is 4.71. The summed E-state index contributed by atoms with van der Waals surface area (Å²) in [6, 6.07) is 13.5. The van der Waals surface area contributed by atoms with Crippen molar-refractivity contribution in [2.45, 2.75) is 6.42 Å². The minimum absolute atomic E-state index is 0.215. The van der Waals surface area contributed by atoms with Gasteiger partial charge >= 0.3 is 11.9 Å². The molecule has 0 bridgehead atoms. The highest BCUT2D eigenvalue weighted by Crippen LogP contribution is 2.19. The molecule has 0 aliphatic carbocycles. The zero-order valence-corrected chi connectivity index (χ0v) is 13.4. The third-order valence-corrected chi connectivity index (χ3v) is 3.19. The molecule has 124 valence electrons. The molecule has 5 nitrogen and oxygen atoms in total. The summed E-state index contributed by atoms with van der Waals surface area (Å²) >= 11 is 0. The van der Waals surface area contributed by atoms with E-state index in [-0.39, 0.29) is 6.61 Å². The molecule has 0 radical (unpaired) electrons. The molecule has 0 fully saturated rings. The van der Waals surface area contributed by atoms with Crippen LogP contribution in [-0.4, -0.2) is 25.7 Å². The van der Waals surface area contributed by atoms with Crippen LogP contribution in [0.2, 0.25) is 0 Å². The van der Waals surface area contributed by atoms with Crippen LogP contribution in [0.25, 0.3) is 0 Å². The minimum atomic E-state index is -0.533. The Morgan fingerprint density at radius 1 is 1.08 bits per heavy atom. The number of allylic oxidation sites excluding steroid dienone is 1. The predicted octanol–water partition coefficient (Wildman–Crippen LogP) is 3.19. The zero-order valence-electron chi connectivity index (χ0n) is 13.4. The van der Waals surface area contributed by atoms with Gasteiger partial charge in [-0.2, -0.15) is 0 Å². The van der Waals surface area contributed by atoms with Gasteiger partial charge in [0.25, 0.3) is 0 Å². The van der Waals surface area contributed by atoms with E-state index in [0.717, 1.165) is 5.56 Å². The number of ether oxygens (including phenoxy) is 3. The van der Waals surface area contributed by atoms with Crippen molar-refractivity contribution >= 4 is 11.9 Å². The van der Waals surface area contributed by atoms with Crippen molar-refractivity contribution in [3.8, 4) is 11.5 Å². The van der Waals surface area contributed by atoms with Crippen molar-refractivity contribution in [2.75, 3.05) is 13.7 Å². The van der Waals surface area contributed by atoms with Crippen LogP contribution in [0.5, 0.6) is 11.5 Å².